The minimum Gasteiger partial charge on any atom is -0.381 e. The fraction of sp³-hybridized carbons (Fsp3) is 0.571. The van der Waals surface area contributed by atoms with E-state index in [4.69, 9.17) is 27.9 Å². The smallest absolute Gasteiger partial charge is 0.0512 e. The minimum atomic E-state index is 0.484. The molecule has 100 valence electrons. The fourth-order valence-electron chi connectivity index (χ4n) is 2.50. The van der Waals surface area contributed by atoms with Crippen molar-refractivity contribution >= 4 is 23.2 Å². The van der Waals surface area contributed by atoms with Gasteiger partial charge in [-0.2, -0.15) is 0 Å². The van der Waals surface area contributed by atoms with Crippen LogP contribution >= 0.6 is 23.2 Å². The summed E-state index contributed by atoms with van der Waals surface area (Å²) in [5.41, 5.74) is 1.15. The van der Waals surface area contributed by atoms with Crippen LogP contribution in [0.3, 0.4) is 0 Å². The summed E-state index contributed by atoms with van der Waals surface area (Å²) in [7, 11) is 0. The summed E-state index contributed by atoms with van der Waals surface area (Å²) >= 11 is 12.1. The molecule has 1 aliphatic heterocycles. The lowest BCUT2D eigenvalue weighted by Crippen LogP contribution is -2.43. The third kappa shape index (κ3) is 3.61. The SMILES string of the molecule is CCN[C@H]1CCOC[C@H]1Cc1ccc(Cl)cc1Cl. The molecule has 0 aromatic heterocycles. The van der Waals surface area contributed by atoms with Gasteiger partial charge in [-0.15, -0.1) is 0 Å². The second-order valence-corrected chi connectivity index (χ2v) is 5.57. The van der Waals surface area contributed by atoms with Gasteiger partial charge in [0.1, 0.15) is 0 Å². The summed E-state index contributed by atoms with van der Waals surface area (Å²) in [6, 6.07) is 6.25. The Morgan fingerprint density at radius 1 is 1.39 bits per heavy atom. The largest absolute Gasteiger partial charge is 0.381 e. The van der Waals surface area contributed by atoms with E-state index in [9.17, 15) is 0 Å². The van der Waals surface area contributed by atoms with Gasteiger partial charge in [0.2, 0.25) is 0 Å². The first kappa shape index (κ1) is 14.1. The van der Waals surface area contributed by atoms with Crippen molar-refractivity contribution in [1.29, 1.82) is 0 Å². The van der Waals surface area contributed by atoms with Crippen LogP contribution in [0, 0.1) is 5.92 Å². The molecule has 2 nitrogen and oxygen atoms in total. The third-order valence-electron chi connectivity index (χ3n) is 3.44. The van der Waals surface area contributed by atoms with Crippen LogP contribution in [-0.2, 0) is 11.2 Å². The second-order valence-electron chi connectivity index (χ2n) is 4.73. The molecule has 18 heavy (non-hydrogen) atoms. The quantitative estimate of drug-likeness (QED) is 0.914. The highest BCUT2D eigenvalue weighted by molar-refractivity contribution is 6.35. The molecule has 1 heterocycles. The molecule has 4 heteroatoms. The van der Waals surface area contributed by atoms with Crippen molar-refractivity contribution in [2.75, 3.05) is 19.8 Å². The lowest BCUT2D eigenvalue weighted by atomic mass is 9.89. The van der Waals surface area contributed by atoms with E-state index in [1.165, 1.54) is 0 Å². The van der Waals surface area contributed by atoms with Crippen molar-refractivity contribution in [2.45, 2.75) is 25.8 Å². The maximum atomic E-state index is 6.23. The molecular formula is C14H19Cl2NO. The van der Waals surface area contributed by atoms with E-state index in [0.717, 1.165) is 43.2 Å². The number of halogens is 2. The molecule has 0 spiro atoms. The first-order valence-electron chi connectivity index (χ1n) is 6.45. The van der Waals surface area contributed by atoms with Gasteiger partial charge < -0.3 is 10.1 Å². The number of benzene rings is 1. The summed E-state index contributed by atoms with van der Waals surface area (Å²) in [5, 5.41) is 4.98. The summed E-state index contributed by atoms with van der Waals surface area (Å²) in [4.78, 5) is 0. The van der Waals surface area contributed by atoms with Gasteiger partial charge in [-0.05, 0) is 37.1 Å². The molecule has 0 radical (unpaired) electrons. The molecule has 0 aliphatic carbocycles. The summed E-state index contributed by atoms with van der Waals surface area (Å²) < 4.78 is 5.59. The Morgan fingerprint density at radius 2 is 2.22 bits per heavy atom. The van der Waals surface area contributed by atoms with Gasteiger partial charge in [0, 0.05) is 28.6 Å². The second kappa shape index (κ2) is 6.76. The maximum Gasteiger partial charge on any atom is 0.0512 e. The van der Waals surface area contributed by atoms with E-state index in [2.05, 4.69) is 12.2 Å². The van der Waals surface area contributed by atoms with Crippen molar-refractivity contribution in [1.82, 2.24) is 5.32 Å². The Balaban J connectivity index is 2.06. The van der Waals surface area contributed by atoms with Gasteiger partial charge in [-0.1, -0.05) is 36.2 Å². The van der Waals surface area contributed by atoms with E-state index >= 15 is 0 Å². The first-order chi connectivity index (χ1) is 8.70. The standard InChI is InChI=1S/C14H19Cl2NO/c1-2-17-14-5-6-18-9-11(14)7-10-3-4-12(15)8-13(10)16/h3-4,8,11,14,17H,2,5-7,9H2,1H3/t11-,14+/m1/s1. The van der Waals surface area contributed by atoms with Crippen LogP contribution in [0.25, 0.3) is 0 Å². The molecule has 1 aliphatic rings. The van der Waals surface area contributed by atoms with E-state index in [1.54, 1.807) is 0 Å². The summed E-state index contributed by atoms with van der Waals surface area (Å²) in [5.74, 6) is 0.484. The average molecular weight is 288 g/mol. The molecule has 1 fully saturated rings. The summed E-state index contributed by atoms with van der Waals surface area (Å²) in [6.07, 6.45) is 2.01. The average Bonchev–Trinajstić information content (AvgIpc) is 2.35. The maximum absolute atomic E-state index is 6.23. The third-order valence-corrected chi connectivity index (χ3v) is 4.02. The molecule has 0 bridgehead atoms. The van der Waals surface area contributed by atoms with Crippen molar-refractivity contribution in [3.63, 3.8) is 0 Å². The zero-order chi connectivity index (χ0) is 13.0. The monoisotopic (exact) mass is 287 g/mol. The molecule has 1 aromatic rings. The number of hydrogen-bond donors (Lipinski definition) is 1. The van der Waals surface area contributed by atoms with Crippen molar-refractivity contribution < 1.29 is 4.74 Å². The Bertz CT molecular complexity index is 395. The minimum absolute atomic E-state index is 0.484. The fourth-order valence-corrected chi connectivity index (χ4v) is 2.98. The van der Waals surface area contributed by atoms with Gasteiger partial charge in [0.05, 0.1) is 6.61 Å². The van der Waals surface area contributed by atoms with E-state index < -0.39 is 0 Å². The van der Waals surface area contributed by atoms with Crippen molar-refractivity contribution in [3.05, 3.63) is 33.8 Å². The molecule has 0 saturated carbocycles. The molecular weight excluding hydrogens is 269 g/mol. The van der Waals surface area contributed by atoms with Crippen LogP contribution in [0.1, 0.15) is 18.9 Å². The normalized spacial score (nSPS) is 24.2. The highest BCUT2D eigenvalue weighted by Gasteiger charge is 2.25. The number of rotatable bonds is 4. The Morgan fingerprint density at radius 3 is 2.94 bits per heavy atom. The molecule has 1 saturated heterocycles. The Hall–Kier alpha value is -0.280. The zero-order valence-electron chi connectivity index (χ0n) is 10.6. The van der Waals surface area contributed by atoms with Gasteiger partial charge in [0.25, 0.3) is 0 Å². The lowest BCUT2D eigenvalue weighted by Gasteiger charge is -2.32. The van der Waals surface area contributed by atoms with E-state index in [-0.39, 0.29) is 0 Å². The van der Waals surface area contributed by atoms with Crippen LogP contribution in [-0.4, -0.2) is 25.8 Å². The number of ether oxygens (including phenoxy) is 1. The van der Waals surface area contributed by atoms with Gasteiger partial charge in [-0.25, -0.2) is 0 Å². The molecule has 2 atom stereocenters. The topological polar surface area (TPSA) is 21.3 Å². The van der Waals surface area contributed by atoms with Crippen molar-refractivity contribution in [2.24, 2.45) is 5.92 Å². The van der Waals surface area contributed by atoms with Crippen LogP contribution in [0.15, 0.2) is 18.2 Å². The molecule has 1 N–H and O–H groups in total. The van der Waals surface area contributed by atoms with Crippen molar-refractivity contribution in [3.8, 4) is 0 Å². The number of hydrogen-bond acceptors (Lipinski definition) is 2. The molecule has 2 rings (SSSR count). The van der Waals surface area contributed by atoms with Gasteiger partial charge in [0.15, 0.2) is 0 Å². The van der Waals surface area contributed by atoms with Crippen LogP contribution in [0.2, 0.25) is 10.0 Å². The molecule has 0 unspecified atom stereocenters. The Kier molecular flexibility index (Phi) is 5.31. The number of nitrogens with one attached hydrogen (secondary N) is 1. The van der Waals surface area contributed by atoms with E-state index in [1.807, 2.05) is 18.2 Å². The highest BCUT2D eigenvalue weighted by atomic mass is 35.5. The van der Waals surface area contributed by atoms with E-state index in [0.29, 0.717) is 17.0 Å². The van der Waals surface area contributed by atoms with Crippen LogP contribution in [0.4, 0.5) is 0 Å². The zero-order valence-corrected chi connectivity index (χ0v) is 12.1. The molecule has 1 aromatic carbocycles. The molecule has 0 amide bonds. The lowest BCUT2D eigenvalue weighted by molar-refractivity contribution is 0.0327. The highest BCUT2D eigenvalue weighted by Crippen LogP contribution is 2.26. The predicted molar refractivity (Wildman–Crippen MR) is 76.6 cm³/mol. The van der Waals surface area contributed by atoms with Crippen LogP contribution < -0.4 is 5.32 Å². The van der Waals surface area contributed by atoms with Gasteiger partial charge in [-0.3, -0.25) is 0 Å². The van der Waals surface area contributed by atoms with Crippen LogP contribution in [0.5, 0.6) is 0 Å². The van der Waals surface area contributed by atoms with Gasteiger partial charge >= 0.3 is 0 Å². The Labute approximate surface area is 119 Å². The predicted octanol–water partition coefficient (Wildman–Crippen LogP) is 3.55. The summed E-state index contributed by atoms with van der Waals surface area (Å²) in [6.45, 7) is 4.79. The first-order valence-corrected chi connectivity index (χ1v) is 7.21.